The van der Waals surface area contributed by atoms with Gasteiger partial charge in [-0.15, -0.1) is 0 Å². The average Bonchev–Trinajstić information content (AvgIpc) is 3.23. The zero-order valence-corrected chi connectivity index (χ0v) is 16.2. The molecule has 1 aliphatic carbocycles. The Labute approximate surface area is 170 Å². The van der Waals surface area contributed by atoms with E-state index in [4.69, 9.17) is 17.3 Å². The van der Waals surface area contributed by atoms with Crippen molar-refractivity contribution in [2.75, 3.05) is 5.73 Å². The highest BCUT2D eigenvalue weighted by Gasteiger charge is 2.54. The van der Waals surface area contributed by atoms with E-state index < -0.39 is 41.4 Å². The third-order valence-electron chi connectivity index (χ3n) is 6.02. The Bertz CT molecular complexity index is 1090. The van der Waals surface area contributed by atoms with E-state index in [1.54, 1.807) is 19.2 Å². The second kappa shape index (κ2) is 6.91. The highest BCUT2D eigenvalue weighted by atomic mass is 35.5. The minimum atomic E-state index is -1.33. The maximum absolute atomic E-state index is 14.5. The number of nitrogens with zero attached hydrogens (tertiary/aromatic N) is 2. The number of hydrogen-bond acceptors (Lipinski definition) is 5. The summed E-state index contributed by atoms with van der Waals surface area (Å²) in [6, 6.07) is 4.65. The maximum atomic E-state index is 14.5. The molecule has 1 fully saturated rings. The van der Waals surface area contributed by atoms with Crippen molar-refractivity contribution in [2.24, 2.45) is 5.41 Å². The molecule has 0 aliphatic heterocycles. The van der Waals surface area contributed by atoms with E-state index in [9.17, 15) is 24.1 Å². The smallest absolute Gasteiger partial charge is 0.165 e. The second-order valence-electron chi connectivity index (χ2n) is 7.77. The van der Waals surface area contributed by atoms with Gasteiger partial charge in [0.1, 0.15) is 17.7 Å². The lowest BCUT2D eigenvalue weighted by Crippen LogP contribution is -2.38. The molecule has 9 heteroatoms. The van der Waals surface area contributed by atoms with Crippen LogP contribution in [0.15, 0.2) is 36.7 Å². The molecule has 0 radical (unpaired) electrons. The lowest BCUT2D eigenvalue weighted by Gasteiger charge is -2.34. The van der Waals surface area contributed by atoms with Crippen molar-refractivity contribution < 1.29 is 24.1 Å². The predicted molar refractivity (Wildman–Crippen MR) is 104 cm³/mol. The Morgan fingerprint density at radius 1 is 1.28 bits per heavy atom. The number of nitrogen functional groups attached to an aromatic ring is 1. The number of aliphatic hydroxyl groups is 3. The zero-order valence-electron chi connectivity index (χ0n) is 15.4. The summed E-state index contributed by atoms with van der Waals surface area (Å²) in [6.45, 7) is 1.61. The first-order valence-corrected chi connectivity index (χ1v) is 9.42. The minimum Gasteiger partial charge on any atom is -0.390 e. The molecule has 5 N–H and O–H groups in total. The number of aliphatic hydroxyl groups excluding tert-OH is 3. The molecule has 29 heavy (non-hydrogen) atoms. The number of benzene rings is 1. The van der Waals surface area contributed by atoms with Crippen LogP contribution in [0.25, 0.3) is 10.9 Å². The topological polar surface area (TPSA) is 105 Å². The highest BCUT2D eigenvalue weighted by Crippen LogP contribution is 2.52. The van der Waals surface area contributed by atoms with Gasteiger partial charge in [-0.2, -0.15) is 0 Å². The van der Waals surface area contributed by atoms with E-state index in [1.807, 2.05) is 0 Å². The van der Waals surface area contributed by atoms with Gasteiger partial charge >= 0.3 is 0 Å². The molecule has 4 rings (SSSR count). The molecule has 154 valence electrons. The van der Waals surface area contributed by atoms with Gasteiger partial charge in [0.15, 0.2) is 5.82 Å². The van der Waals surface area contributed by atoms with E-state index in [-0.39, 0.29) is 22.8 Å². The first-order valence-electron chi connectivity index (χ1n) is 9.05. The lowest BCUT2D eigenvalue weighted by atomic mass is 9.77. The molecule has 5 atom stereocenters. The Morgan fingerprint density at radius 2 is 2.00 bits per heavy atom. The number of anilines is 1. The number of halogens is 3. The fourth-order valence-corrected chi connectivity index (χ4v) is 4.52. The fourth-order valence-electron chi connectivity index (χ4n) is 4.33. The second-order valence-corrected chi connectivity index (χ2v) is 8.17. The first kappa shape index (κ1) is 20.0. The first-order chi connectivity index (χ1) is 13.6. The summed E-state index contributed by atoms with van der Waals surface area (Å²) >= 11 is 5.82. The Morgan fingerprint density at radius 3 is 2.69 bits per heavy atom. The summed E-state index contributed by atoms with van der Waals surface area (Å²) in [4.78, 5) is 3.79. The van der Waals surface area contributed by atoms with Crippen LogP contribution in [0.4, 0.5) is 14.6 Å². The number of hydrogen-bond donors (Lipinski definition) is 4. The van der Waals surface area contributed by atoms with Gasteiger partial charge in [-0.3, -0.25) is 0 Å². The summed E-state index contributed by atoms with van der Waals surface area (Å²) in [5, 5.41) is 32.7. The van der Waals surface area contributed by atoms with Crippen LogP contribution in [-0.4, -0.2) is 37.1 Å². The fraction of sp³-hybridized carbons (Fsp3) is 0.350. The van der Waals surface area contributed by atoms with Gasteiger partial charge in [0, 0.05) is 17.0 Å². The molecule has 1 saturated carbocycles. The van der Waals surface area contributed by atoms with Crippen molar-refractivity contribution in [1.29, 1.82) is 0 Å². The predicted octanol–water partition coefficient (Wildman–Crippen LogP) is 2.96. The molecule has 3 aromatic rings. The van der Waals surface area contributed by atoms with Crippen molar-refractivity contribution in [1.82, 2.24) is 9.55 Å². The highest BCUT2D eigenvalue weighted by molar-refractivity contribution is 6.30. The van der Waals surface area contributed by atoms with Gasteiger partial charge in [-0.25, -0.2) is 13.8 Å². The summed E-state index contributed by atoms with van der Waals surface area (Å²) in [5.41, 5.74) is 5.09. The molecule has 0 saturated heterocycles. The van der Waals surface area contributed by atoms with E-state index in [0.29, 0.717) is 10.9 Å². The van der Waals surface area contributed by atoms with Crippen LogP contribution in [-0.2, 0) is 0 Å². The average molecular weight is 424 g/mol. The molecule has 1 aromatic carbocycles. The molecule has 1 unspecified atom stereocenters. The summed E-state index contributed by atoms with van der Waals surface area (Å²) in [5.74, 6) is -1.09. The Balaban J connectivity index is 1.74. The van der Waals surface area contributed by atoms with Gasteiger partial charge in [0.25, 0.3) is 0 Å². The van der Waals surface area contributed by atoms with E-state index >= 15 is 0 Å². The molecular formula is C20H20ClF2N3O3. The van der Waals surface area contributed by atoms with Crippen molar-refractivity contribution in [3.63, 3.8) is 0 Å². The van der Waals surface area contributed by atoms with Gasteiger partial charge in [-0.1, -0.05) is 24.6 Å². The van der Waals surface area contributed by atoms with Crippen molar-refractivity contribution >= 4 is 28.3 Å². The third-order valence-corrected chi connectivity index (χ3v) is 6.31. The number of rotatable bonds is 3. The maximum Gasteiger partial charge on any atom is 0.165 e. The SMILES string of the molecule is C[C@]1(C(O)c2ccc(F)c(Cl)c2)C[C@@H](n2ccc3c(N)ncc(F)c32)[C@H](O)[C@@H]1O. The normalized spacial score (nSPS) is 28.2. The van der Waals surface area contributed by atoms with Crippen LogP contribution in [0.5, 0.6) is 0 Å². The molecule has 1 aliphatic rings. The molecule has 0 spiro atoms. The zero-order chi connectivity index (χ0) is 21.1. The summed E-state index contributed by atoms with van der Waals surface area (Å²) in [7, 11) is 0. The van der Waals surface area contributed by atoms with E-state index in [2.05, 4.69) is 4.98 Å². The number of pyridine rings is 1. The van der Waals surface area contributed by atoms with Crippen molar-refractivity contribution in [3.05, 3.63) is 58.9 Å². The van der Waals surface area contributed by atoms with Gasteiger partial charge in [0.2, 0.25) is 0 Å². The van der Waals surface area contributed by atoms with Crippen LogP contribution in [0.2, 0.25) is 5.02 Å². The van der Waals surface area contributed by atoms with Crippen LogP contribution >= 0.6 is 11.6 Å². The van der Waals surface area contributed by atoms with Crippen LogP contribution in [0.3, 0.4) is 0 Å². The van der Waals surface area contributed by atoms with Crippen LogP contribution < -0.4 is 5.73 Å². The summed E-state index contributed by atoms with van der Waals surface area (Å²) in [6.07, 6.45) is -1.16. The van der Waals surface area contributed by atoms with E-state index in [1.165, 1.54) is 16.7 Å². The number of aromatic nitrogens is 2. The van der Waals surface area contributed by atoms with Crippen molar-refractivity contribution in [3.8, 4) is 0 Å². The minimum absolute atomic E-state index is 0.122. The van der Waals surface area contributed by atoms with Crippen LogP contribution in [0.1, 0.15) is 31.1 Å². The number of fused-ring (bicyclic) bond motifs is 1. The van der Waals surface area contributed by atoms with E-state index in [0.717, 1.165) is 12.3 Å². The molecule has 2 heterocycles. The molecule has 2 aromatic heterocycles. The van der Waals surface area contributed by atoms with Gasteiger partial charge < -0.3 is 25.6 Å². The standard InChI is InChI=1S/C20H20ClF2N3O3/c1-20(17(28)9-2-3-12(22)11(21)6-9)7-14(16(27)18(20)29)26-5-4-10-15(26)13(23)8-25-19(10)24/h2-6,8,14,16-18,27-29H,7H2,1H3,(H2,24,25)/t14-,16+,17?,18+,20-/m1/s1. The Kier molecular flexibility index (Phi) is 4.77. The molecule has 0 amide bonds. The third kappa shape index (κ3) is 2.98. The molecule has 6 nitrogen and oxygen atoms in total. The monoisotopic (exact) mass is 423 g/mol. The quantitative estimate of drug-likeness (QED) is 0.518. The number of nitrogens with two attached hydrogens (primary N) is 1. The molecular weight excluding hydrogens is 404 g/mol. The summed E-state index contributed by atoms with van der Waals surface area (Å²) < 4.78 is 29.4. The van der Waals surface area contributed by atoms with Gasteiger partial charge in [0.05, 0.1) is 35.0 Å². The molecule has 0 bridgehead atoms. The van der Waals surface area contributed by atoms with Crippen molar-refractivity contribution in [2.45, 2.75) is 37.7 Å². The lowest BCUT2D eigenvalue weighted by molar-refractivity contribution is -0.0764. The Hall–Kier alpha value is -2.26. The van der Waals surface area contributed by atoms with Crippen LogP contribution in [0, 0.1) is 17.0 Å². The largest absolute Gasteiger partial charge is 0.390 e. The van der Waals surface area contributed by atoms with Gasteiger partial charge in [-0.05, 0) is 30.2 Å².